The standard InChI is InChI=1S/C25H19FN6O2S3/c26-16-6-8-17(9-7-16)27-22(34)14-36-25-29-19-11-10-18(12-20(19)37-25)28-21(33)13-35-24-30-23(31-32-24)15-4-2-1-3-5-15/h1-12H,13-14H2,(H,27,34)(H,28,33)(H,30,31,32). The van der Waals surface area contributed by atoms with Crippen LogP contribution >= 0.6 is 34.9 Å². The zero-order chi connectivity index (χ0) is 25.6. The molecule has 8 nitrogen and oxygen atoms in total. The molecule has 186 valence electrons. The average molecular weight is 551 g/mol. The van der Waals surface area contributed by atoms with Crippen LogP contribution in [0.2, 0.25) is 0 Å². The number of halogens is 1. The SMILES string of the molecule is O=C(CSc1n[nH]c(-c2ccccc2)n1)Nc1ccc2nc(SCC(=O)Nc3ccc(F)cc3)sc2c1. The number of hydrogen-bond donors (Lipinski definition) is 3. The molecule has 0 aliphatic carbocycles. The van der Waals surface area contributed by atoms with Gasteiger partial charge in [-0.25, -0.2) is 14.4 Å². The van der Waals surface area contributed by atoms with Crippen molar-refractivity contribution in [2.24, 2.45) is 0 Å². The first-order valence-electron chi connectivity index (χ1n) is 11.0. The van der Waals surface area contributed by atoms with Crippen molar-refractivity contribution in [3.63, 3.8) is 0 Å². The number of thioether (sulfide) groups is 2. The molecule has 0 spiro atoms. The van der Waals surface area contributed by atoms with Crippen LogP contribution in [0, 0.1) is 5.82 Å². The topological polar surface area (TPSA) is 113 Å². The van der Waals surface area contributed by atoms with Gasteiger partial charge in [-0.3, -0.25) is 14.7 Å². The van der Waals surface area contributed by atoms with Crippen LogP contribution in [-0.4, -0.2) is 43.5 Å². The minimum Gasteiger partial charge on any atom is -0.325 e. The third-order valence-corrected chi connectivity index (χ3v) is 7.96. The van der Waals surface area contributed by atoms with Gasteiger partial charge in [0.2, 0.25) is 17.0 Å². The van der Waals surface area contributed by atoms with Gasteiger partial charge in [-0.1, -0.05) is 53.9 Å². The Balaban J connectivity index is 1.12. The summed E-state index contributed by atoms with van der Waals surface area (Å²) in [6, 6.07) is 20.7. The summed E-state index contributed by atoms with van der Waals surface area (Å²) in [5.41, 5.74) is 2.91. The lowest BCUT2D eigenvalue weighted by atomic mass is 10.2. The summed E-state index contributed by atoms with van der Waals surface area (Å²) >= 11 is 4.00. The number of rotatable bonds is 9. The van der Waals surface area contributed by atoms with Gasteiger partial charge in [-0.2, -0.15) is 0 Å². The molecular formula is C25H19FN6O2S3. The lowest BCUT2D eigenvalue weighted by Crippen LogP contribution is -2.14. The maximum atomic E-state index is 13.0. The number of nitrogens with one attached hydrogen (secondary N) is 3. The van der Waals surface area contributed by atoms with Gasteiger partial charge in [-0.05, 0) is 42.5 Å². The number of aromatic amines is 1. The molecular weight excluding hydrogens is 532 g/mol. The quantitative estimate of drug-likeness (QED) is 0.202. The Labute approximate surface area is 223 Å². The van der Waals surface area contributed by atoms with Crippen LogP contribution in [0.25, 0.3) is 21.6 Å². The number of fused-ring (bicyclic) bond motifs is 1. The third kappa shape index (κ3) is 6.73. The minimum absolute atomic E-state index is 0.164. The number of anilines is 2. The highest BCUT2D eigenvalue weighted by atomic mass is 32.2. The molecule has 0 fully saturated rings. The number of carbonyl (C=O) groups is 2. The Morgan fingerprint density at radius 1 is 0.865 bits per heavy atom. The molecule has 0 atom stereocenters. The molecule has 5 rings (SSSR count). The van der Waals surface area contributed by atoms with Crippen LogP contribution in [0.4, 0.5) is 15.8 Å². The van der Waals surface area contributed by atoms with Crippen molar-refractivity contribution in [1.29, 1.82) is 0 Å². The van der Waals surface area contributed by atoms with Crippen LogP contribution in [0.3, 0.4) is 0 Å². The van der Waals surface area contributed by atoms with Gasteiger partial charge in [0.1, 0.15) is 5.82 Å². The highest BCUT2D eigenvalue weighted by molar-refractivity contribution is 8.01. The summed E-state index contributed by atoms with van der Waals surface area (Å²) in [4.78, 5) is 33.6. The van der Waals surface area contributed by atoms with Crippen molar-refractivity contribution in [2.45, 2.75) is 9.50 Å². The summed E-state index contributed by atoms with van der Waals surface area (Å²) in [6.07, 6.45) is 0. The van der Waals surface area contributed by atoms with E-state index in [1.807, 2.05) is 42.5 Å². The zero-order valence-electron chi connectivity index (χ0n) is 19.1. The van der Waals surface area contributed by atoms with Gasteiger partial charge in [0, 0.05) is 16.9 Å². The largest absolute Gasteiger partial charge is 0.325 e. The van der Waals surface area contributed by atoms with E-state index < -0.39 is 0 Å². The Bertz CT molecular complexity index is 1540. The normalized spacial score (nSPS) is 10.9. The number of hydrogen-bond acceptors (Lipinski definition) is 8. The van der Waals surface area contributed by atoms with Crippen molar-refractivity contribution in [1.82, 2.24) is 20.2 Å². The molecule has 37 heavy (non-hydrogen) atoms. The van der Waals surface area contributed by atoms with E-state index in [-0.39, 0.29) is 29.1 Å². The first-order valence-corrected chi connectivity index (χ1v) is 13.8. The van der Waals surface area contributed by atoms with Gasteiger partial charge in [0.25, 0.3) is 0 Å². The second-order valence-corrected chi connectivity index (χ2v) is 10.9. The van der Waals surface area contributed by atoms with E-state index in [0.717, 1.165) is 20.1 Å². The number of nitrogens with zero attached hydrogens (tertiary/aromatic N) is 3. The molecule has 2 amide bonds. The predicted octanol–water partition coefficient (Wildman–Crippen LogP) is 5.68. The molecule has 12 heteroatoms. The molecule has 3 N–H and O–H groups in total. The average Bonchev–Trinajstić information content (AvgIpc) is 3.55. The molecule has 0 saturated carbocycles. The number of thiazole rings is 1. The summed E-state index contributed by atoms with van der Waals surface area (Å²) in [5.74, 6) is 0.252. The third-order valence-electron chi connectivity index (χ3n) is 4.95. The number of benzene rings is 3. The highest BCUT2D eigenvalue weighted by Crippen LogP contribution is 2.31. The second-order valence-electron chi connectivity index (χ2n) is 7.68. The molecule has 3 aromatic carbocycles. The Kier molecular flexibility index (Phi) is 7.78. The van der Waals surface area contributed by atoms with Crippen molar-refractivity contribution in [3.8, 4) is 11.4 Å². The molecule has 0 aliphatic heterocycles. The van der Waals surface area contributed by atoms with E-state index in [1.165, 1.54) is 59.1 Å². The Morgan fingerprint density at radius 2 is 1.57 bits per heavy atom. The van der Waals surface area contributed by atoms with E-state index >= 15 is 0 Å². The second kappa shape index (κ2) is 11.5. The minimum atomic E-state index is -0.358. The molecule has 0 unspecified atom stereocenters. The Hall–Kier alpha value is -3.74. The van der Waals surface area contributed by atoms with Crippen LogP contribution in [0.15, 0.2) is 82.3 Å². The Morgan fingerprint density at radius 3 is 2.35 bits per heavy atom. The fourth-order valence-electron chi connectivity index (χ4n) is 3.26. The van der Waals surface area contributed by atoms with Crippen LogP contribution in [0.5, 0.6) is 0 Å². The van der Waals surface area contributed by atoms with Crippen LogP contribution < -0.4 is 10.6 Å². The predicted molar refractivity (Wildman–Crippen MR) is 147 cm³/mol. The molecule has 0 bridgehead atoms. The fourth-order valence-corrected chi connectivity index (χ4v) is 5.77. The number of carbonyl (C=O) groups excluding carboxylic acids is 2. The van der Waals surface area contributed by atoms with Crippen molar-refractivity contribution < 1.29 is 14.0 Å². The van der Waals surface area contributed by atoms with E-state index in [4.69, 9.17) is 0 Å². The molecule has 0 radical (unpaired) electrons. The first-order chi connectivity index (χ1) is 18.0. The highest BCUT2D eigenvalue weighted by Gasteiger charge is 2.12. The first kappa shape index (κ1) is 24.9. The lowest BCUT2D eigenvalue weighted by Gasteiger charge is -2.03. The summed E-state index contributed by atoms with van der Waals surface area (Å²) in [6.45, 7) is 0. The van der Waals surface area contributed by atoms with Gasteiger partial charge in [0.15, 0.2) is 10.2 Å². The summed E-state index contributed by atoms with van der Waals surface area (Å²) in [7, 11) is 0. The van der Waals surface area contributed by atoms with E-state index in [1.54, 1.807) is 6.07 Å². The summed E-state index contributed by atoms with van der Waals surface area (Å²) in [5, 5.41) is 13.2. The smallest absolute Gasteiger partial charge is 0.234 e. The molecule has 5 aromatic rings. The van der Waals surface area contributed by atoms with E-state index in [2.05, 4.69) is 30.8 Å². The molecule has 2 aromatic heterocycles. The number of H-pyrrole nitrogens is 1. The van der Waals surface area contributed by atoms with Gasteiger partial charge in [-0.15, -0.1) is 16.4 Å². The van der Waals surface area contributed by atoms with Gasteiger partial charge < -0.3 is 10.6 Å². The van der Waals surface area contributed by atoms with E-state index in [9.17, 15) is 14.0 Å². The van der Waals surface area contributed by atoms with Gasteiger partial charge in [0.05, 0.1) is 21.7 Å². The maximum absolute atomic E-state index is 13.0. The maximum Gasteiger partial charge on any atom is 0.234 e. The lowest BCUT2D eigenvalue weighted by molar-refractivity contribution is -0.114. The molecule has 0 saturated heterocycles. The van der Waals surface area contributed by atoms with Crippen molar-refractivity contribution in [3.05, 3.63) is 78.6 Å². The monoisotopic (exact) mass is 550 g/mol. The number of amides is 2. The molecule has 0 aliphatic rings. The summed E-state index contributed by atoms with van der Waals surface area (Å²) < 4.78 is 14.6. The van der Waals surface area contributed by atoms with E-state index in [0.29, 0.717) is 22.4 Å². The van der Waals surface area contributed by atoms with Gasteiger partial charge >= 0.3 is 0 Å². The molecule has 2 heterocycles. The van der Waals surface area contributed by atoms with Crippen LogP contribution in [-0.2, 0) is 9.59 Å². The number of aromatic nitrogens is 4. The fraction of sp³-hybridized carbons (Fsp3) is 0.0800. The van der Waals surface area contributed by atoms with Crippen LogP contribution in [0.1, 0.15) is 0 Å². The van der Waals surface area contributed by atoms with Crippen molar-refractivity contribution in [2.75, 3.05) is 22.1 Å². The van der Waals surface area contributed by atoms with Crippen molar-refractivity contribution >= 4 is 68.3 Å². The zero-order valence-corrected chi connectivity index (χ0v) is 21.6.